The van der Waals surface area contributed by atoms with Crippen LogP contribution in [0, 0.1) is 0 Å². The van der Waals surface area contributed by atoms with Crippen LogP contribution in [0.5, 0.6) is 0 Å². The van der Waals surface area contributed by atoms with Crippen LogP contribution >= 0.6 is 11.8 Å². The van der Waals surface area contributed by atoms with Crippen LogP contribution in [0.25, 0.3) is 0 Å². The van der Waals surface area contributed by atoms with Gasteiger partial charge in [-0.1, -0.05) is 5.16 Å². The number of hydrogen-bond donors (Lipinski definition) is 1. The summed E-state index contributed by atoms with van der Waals surface area (Å²) in [5, 5.41) is 3.84. The molecule has 0 aliphatic heterocycles. The molecule has 0 radical (unpaired) electrons. The maximum atomic E-state index is 5.34. The van der Waals surface area contributed by atoms with Crippen molar-refractivity contribution >= 4 is 11.8 Å². The summed E-state index contributed by atoms with van der Waals surface area (Å²) in [7, 11) is 0. The lowest BCUT2D eigenvalue weighted by molar-refractivity contribution is 0.371. The molecule has 1 heterocycles. The van der Waals surface area contributed by atoms with E-state index in [2.05, 4.69) is 10.1 Å². The average molecular weight is 187 g/mol. The zero-order valence-corrected chi connectivity index (χ0v) is 8.31. The Morgan fingerprint density at radius 1 is 1.58 bits per heavy atom. The van der Waals surface area contributed by atoms with Crippen molar-refractivity contribution in [2.24, 2.45) is 5.73 Å². The first-order chi connectivity index (χ1) is 5.60. The van der Waals surface area contributed by atoms with E-state index in [4.69, 9.17) is 10.3 Å². The molecular formula is C7H13N3OS. The highest BCUT2D eigenvalue weighted by Gasteiger charge is 2.24. The van der Waals surface area contributed by atoms with Crippen molar-refractivity contribution in [3.8, 4) is 0 Å². The first kappa shape index (κ1) is 9.54. The lowest BCUT2D eigenvalue weighted by Gasteiger charge is -2.15. The minimum absolute atomic E-state index is 0.100. The van der Waals surface area contributed by atoms with Gasteiger partial charge in [-0.3, -0.25) is 0 Å². The smallest absolute Gasteiger partial charge is 0.240 e. The van der Waals surface area contributed by atoms with Crippen LogP contribution < -0.4 is 5.73 Å². The van der Waals surface area contributed by atoms with Gasteiger partial charge in [0.1, 0.15) is 0 Å². The maximum absolute atomic E-state index is 5.34. The topological polar surface area (TPSA) is 64.9 Å². The molecule has 1 aromatic heterocycles. The van der Waals surface area contributed by atoms with E-state index < -0.39 is 0 Å². The fraction of sp³-hybridized carbons (Fsp3) is 0.714. The largest absolute Gasteiger partial charge is 0.338 e. The highest BCUT2D eigenvalue weighted by Crippen LogP contribution is 2.30. The van der Waals surface area contributed by atoms with E-state index in [1.54, 1.807) is 11.8 Å². The van der Waals surface area contributed by atoms with Gasteiger partial charge in [-0.2, -0.15) is 16.7 Å². The Bertz CT molecular complexity index is 259. The second-order valence-electron chi connectivity index (χ2n) is 2.93. The van der Waals surface area contributed by atoms with Crippen LogP contribution in [0.1, 0.15) is 25.6 Å². The summed E-state index contributed by atoms with van der Waals surface area (Å²) < 4.78 is 4.80. The molecule has 0 bridgehead atoms. The average Bonchev–Trinajstić information content (AvgIpc) is 2.52. The van der Waals surface area contributed by atoms with Crippen LogP contribution in [0.4, 0.5) is 0 Å². The van der Waals surface area contributed by atoms with Gasteiger partial charge in [-0.15, -0.1) is 0 Å². The van der Waals surface area contributed by atoms with Gasteiger partial charge in [0, 0.05) is 0 Å². The first-order valence-corrected chi connectivity index (χ1v) is 4.91. The van der Waals surface area contributed by atoms with Gasteiger partial charge in [0.2, 0.25) is 5.89 Å². The van der Waals surface area contributed by atoms with Crippen LogP contribution in [0.3, 0.4) is 0 Å². The summed E-state index contributed by atoms with van der Waals surface area (Å²) >= 11 is 1.68. The zero-order chi connectivity index (χ0) is 9.19. The molecule has 0 saturated heterocycles. The number of nitrogens with zero attached hydrogens (tertiary/aromatic N) is 2. The van der Waals surface area contributed by atoms with Gasteiger partial charge < -0.3 is 10.3 Å². The Balaban J connectivity index is 2.88. The van der Waals surface area contributed by atoms with Gasteiger partial charge in [-0.25, -0.2) is 0 Å². The highest BCUT2D eigenvalue weighted by molar-refractivity contribution is 7.99. The van der Waals surface area contributed by atoms with E-state index >= 15 is 0 Å². The second-order valence-corrected chi connectivity index (χ2v) is 4.36. The van der Waals surface area contributed by atoms with Crippen LogP contribution in [0.15, 0.2) is 4.52 Å². The van der Waals surface area contributed by atoms with E-state index in [0.29, 0.717) is 18.3 Å². The molecule has 68 valence electrons. The van der Waals surface area contributed by atoms with E-state index in [0.717, 1.165) is 0 Å². The van der Waals surface area contributed by atoms with Crippen molar-refractivity contribution in [3.63, 3.8) is 0 Å². The summed E-state index contributed by atoms with van der Waals surface area (Å²) in [5.74, 6) is 1.20. The number of hydrogen-bond acceptors (Lipinski definition) is 5. The van der Waals surface area contributed by atoms with Crippen molar-refractivity contribution in [3.05, 3.63) is 11.7 Å². The molecule has 0 aliphatic rings. The van der Waals surface area contributed by atoms with Crippen molar-refractivity contribution in [2.75, 3.05) is 6.26 Å². The molecule has 4 nitrogen and oxygen atoms in total. The van der Waals surface area contributed by atoms with Crippen molar-refractivity contribution < 1.29 is 4.52 Å². The Morgan fingerprint density at radius 2 is 2.25 bits per heavy atom. The van der Waals surface area contributed by atoms with Crippen molar-refractivity contribution in [1.29, 1.82) is 0 Å². The normalized spacial score (nSPS) is 12.0. The fourth-order valence-electron chi connectivity index (χ4n) is 0.674. The first-order valence-electron chi connectivity index (χ1n) is 3.68. The molecule has 0 atom stereocenters. The van der Waals surface area contributed by atoms with Gasteiger partial charge in [0.05, 0.1) is 11.3 Å². The minimum Gasteiger partial charge on any atom is -0.338 e. The molecule has 0 amide bonds. The number of aromatic nitrogens is 2. The molecule has 0 aromatic carbocycles. The van der Waals surface area contributed by atoms with E-state index in [1.165, 1.54) is 0 Å². The Hall–Kier alpha value is -0.550. The zero-order valence-electron chi connectivity index (χ0n) is 7.50. The second kappa shape index (κ2) is 3.45. The van der Waals surface area contributed by atoms with E-state index in [-0.39, 0.29) is 4.75 Å². The van der Waals surface area contributed by atoms with Crippen LogP contribution in [-0.2, 0) is 11.3 Å². The fourth-order valence-corrected chi connectivity index (χ4v) is 0.939. The predicted molar refractivity (Wildman–Crippen MR) is 48.7 cm³/mol. The Morgan fingerprint density at radius 3 is 2.67 bits per heavy atom. The van der Waals surface area contributed by atoms with E-state index in [1.807, 2.05) is 20.1 Å². The van der Waals surface area contributed by atoms with Crippen molar-refractivity contribution in [2.45, 2.75) is 25.1 Å². The molecule has 0 spiro atoms. The quantitative estimate of drug-likeness (QED) is 0.768. The van der Waals surface area contributed by atoms with Gasteiger partial charge in [-0.05, 0) is 20.1 Å². The third kappa shape index (κ3) is 1.78. The minimum atomic E-state index is -0.100. The molecule has 12 heavy (non-hydrogen) atoms. The molecule has 0 fully saturated rings. The Kier molecular flexibility index (Phi) is 2.74. The lowest BCUT2D eigenvalue weighted by atomic mass is 10.2. The predicted octanol–water partition coefficient (Wildman–Crippen LogP) is 1.13. The third-order valence-electron chi connectivity index (χ3n) is 1.69. The number of thioether (sulfide) groups is 1. The standard InChI is InChI=1S/C7H13N3OS/c1-7(2,12-3)6-9-5(4-8)11-10-6/h4,8H2,1-3H3. The summed E-state index contributed by atoms with van der Waals surface area (Å²) in [6.07, 6.45) is 2.01. The lowest BCUT2D eigenvalue weighted by Crippen LogP contribution is -2.13. The molecule has 5 heteroatoms. The summed E-state index contributed by atoms with van der Waals surface area (Å²) in [4.78, 5) is 4.15. The van der Waals surface area contributed by atoms with Gasteiger partial charge in [0.15, 0.2) is 5.82 Å². The van der Waals surface area contributed by atoms with Crippen LogP contribution in [-0.4, -0.2) is 16.4 Å². The third-order valence-corrected chi connectivity index (χ3v) is 2.89. The van der Waals surface area contributed by atoms with Crippen LogP contribution in [0.2, 0.25) is 0 Å². The summed E-state index contributed by atoms with van der Waals surface area (Å²) in [6.45, 7) is 4.39. The molecule has 1 aromatic rings. The summed E-state index contributed by atoms with van der Waals surface area (Å²) in [6, 6.07) is 0. The Labute approximate surface area is 75.9 Å². The van der Waals surface area contributed by atoms with Gasteiger partial charge in [0.25, 0.3) is 0 Å². The maximum Gasteiger partial charge on any atom is 0.240 e. The highest BCUT2D eigenvalue weighted by atomic mass is 32.2. The molecule has 2 N–H and O–H groups in total. The summed E-state index contributed by atoms with van der Waals surface area (Å²) in [5.41, 5.74) is 5.34. The monoisotopic (exact) mass is 187 g/mol. The number of nitrogens with two attached hydrogens (primary N) is 1. The molecule has 0 aliphatic carbocycles. The SMILES string of the molecule is CSC(C)(C)c1noc(CN)n1. The van der Waals surface area contributed by atoms with Gasteiger partial charge >= 0.3 is 0 Å². The van der Waals surface area contributed by atoms with E-state index in [9.17, 15) is 0 Å². The molecule has 0 unspecified atom stereocenters. The number of rotatable bonds is 3. The molecule has 0 saturated carbocycles. The molecular weight excluding hydrogens is 174 g/mol. The molecule has 1 rings (SSSR count). The van der Waals surface area contributed by atoms with Crippen molar-refractivity contribution in [1.82, 2.24) is 10.1 Å².